The minimum Gasteiger partial charge on any atom is -0.507 e. The molecule has 10 N–H and O–H groups in total. The lowest BCUT2D eigenvalue weighted by Gasteiger charge is -2.32. The Labute approximate surface area is 248 Å². The van der Waals surface area contributed by atoms with Gasteiger partial charge in [-0.3, -0.25) is 19.2 Å². The summed E-state index contributed by atoms with van der Waals surface area (Å²) in [7, 11) is 1.36. The van der Waals surface area contributed by atoms with Crippen molar-refractivity contribution in [2.24, 2.45) is 11.5 Å². The molecule has 43 heavy (non-hydrogen) atoms. The first-order valence-electron chi connectivity index (χ1n) is 13.8. The van der Waals surface area contributed by atoms with Crippen molar-refractivity contribution in [2.75, 3.05) is 20.1 Å². The van der Waals surface area contributed by atoms with Crippen LogP contribution in [-0.2, 0) is 30.4 Å². The number of carboxylic acid groups (broad SMARTS) is 1. The fourth-order valence-electron chi connectivity index (χ4n) is 4.88. The van der Waals surface area contributed by atoms with Crippen molar-refractivity contribution in [3.05, 3.63) is 47.5 Å². The summed E-state index contributed by atoms with van der Waals surface area (Å²) < 4.78 is 0. The number of carbonyl (C=O) groups excluding carboxylic acids is 4. The van der Waals surface area contributed by atoms with Gasteiger partial charge < -0.3 is 47.6 Å². The number of unbranched alkanes of at least 4 members (excludes halogenated alkanes) is 1. The largest absolute Gasteiger partial charge is 0.507 e. The Kier molecular flexibility index (Phi) is 11.0. The van der Waals surface area contributed by atoms with Gasteiger partial charge in [-0.1, -0.05) is 12.1 Å². The topological polar surface area (TPSA) is 237 Å². The molecule has 4 atom stereocenters. The molecule has 14 heteroatoms. The molecule has 0 spiro atoms. The average Bonchev–Trinajstić information content (AvgIpc) is 2.97. The van der Waals surface area contributed by atoms with Crippen LogP contribution in [0.15, 0.2) is 36.4 Å². The van der Waals surface area contributed by atoms with Gasteiger partial charge in [0.2, 0.25) is 23.6 Å². The zero-order valence-electron chi connectivity index (χ0n) is 24.0. The molecule has 0 aromatic heterocycles. The van der Waals surface area contributed by atoms with Gasteiger partial charge in [0.05, 0.1) is 6.54 Å². The lowest BCUT2D eigenvalue weighted by atomic mass is 9.93. The molecule has 0 fully saturated rings. The Morgan fingerprint density at radius 2 is 1.65 bits per heavy atom. The van der Waals surface area contributed by atoms with E-state index in [0.29, 0.717) is 24.9 Å². The zero-order chi connectivity index (χ0) is 31.8. The van der Waals surface area contributed by atoms with Gasteiger partial charge in [0.25, 0.3) is 0 Å². The van der Waals surface area contributed by atoms with E-state index in [1.54, 1.807) is 0 Å². The van der Waals surface area contributed by atoms with E-state index in [1.807, 2.05) is 0 Å². The lowest BCUT2D eigenvalue weighted by Crippen LogP contribution is -2.55. The fraction of sp³-hybridized carbons (Fsp3) is 0.414. The summed E-state index contributed by atoms with van der Waals surface area (Å²) in [5.41, 5.74) is 12.0. The number of hydrogen-bond donors (Lipinski definition) is 8. The number of phenols is 2. The minimum atomic E-state index is -1.38. The predicted octanol–water partition coefficient (Wildman–Crippen LogP) is -0.533. The molecule has 14 nitrogen and oxygen atoms in total. The van der Waals surface area contributed by atoms with Crippen molar-refractivity contribution in [2.45, 2.75) is 56.8 Å². The molecule has 2 aromatic rings. The number of nitrogens with two attached hydrogens (primary N) is 2. The van der Waals surface area contributed by atoms with Gasteiger partial charge in [0, 0.05) is 24.6 Å². The van der Waals surface area contributed by atoms with Crippen LogP contribution in [0.4, 0.5) is 0 Å². The molecule has 0 saturated heterocycles. The monoisotopic (exact) mass is 598 g/mol. The highest BCUT2D eigenvalue weighted by Gasteiger charge is 2.35. The van der Waals surface area contributed by atoms with Crippen LogP contribution < -0.4 is 27.4 Å². The number of benzene rings is 2. The average molecular weight is 599 g/mol. The quantitative estimate of drug-likeness (QED) is 0.172. The number of carbonyl (C=O) groups is 5. The van der Waals surface area contributed by atoms with Crippen molar-refractivity contribution in [3.8, 4) is 22.6 Å². The molecular formula is C29H38N6O8. The normalized spacial score (nSPS) is 19.3. The van der Waals surface area contributed by atoms with E-state index in [4.69, 9.17) is 11.5 Å². The lowest BCUT2D eigenvalue weighted by molar-refractivity contribution is -0.143. The van der Waals surface area contributed by atoms with Crippen LogP contribution in [0, 0.1) is 0 Å². The van der Waals surface area contributed by atoms with E-state index < -0.39 is 53.8 Å². The van der Waals surface area contributed by atoms with Crippen LogP contribution in [0.25, 0.3) is 11.1 Å². The van der Waals surface area contributed by atoms with Crippen LogP contribution in [0.5, 0.6) is 11.5 Å². The highest BCUT2D eigenvalue weighted by Crippen LogP contribution is 2.38. The van der Waals surface area contributed by atoms with Crippen LogP contribution in [-0.4, -0.2) is 88.1 Å². The van der Waals surface area contributed by atoms with Gasteiger partial charge in [-0.25, -0.2) is 4.79 Å². The maximum atomic E-state index is 13.8. The summed E-state index contributed by atoms with van der Waals surface area (Å²) in [6, 6.07) is 3.46. The van der Waals surface area contributed by atoms with Gasteiger partial charge in [0.1, 0.15) is 35.7 Å². The van der Waals surface area contributed by atoms with Gasteiger partial charge in [-0.15, -0.1) is 0 Å². The second-order valence-electron chi connectivity index (χ2n) is 10.4. The smallest absolute Gasteiger partial charge is 0.326 e. The highest BCUT2D eigenvalue weighted by atomic mass is 16.4. The molecule has 0 aliphatic carbocycles. The summed E-state index contributed by atoms with van der Waals surface area (Å²) in [5, 5.41) is 38.7. The molecule has 0 saturated carbocycles. The van der Waals surface area contributed by atoms with E-state index in [1.165, 1.54) is 50.4 Å². The molecule has 2 aromatic carbocycles. The van der Waals surface area contributed by atoms with Gasteiger partial charge in [0.15, 0.2) is 0 Å². The molecular weight excluding hydrogens is 560 g/mol. The first kappa shape index (κ1) is 32.8. The number of nitrogens with one attached hydrogen (secondary N) is 3. The maximum Gasteiger partial charge on any atom is 0.326 e. The number of nitrogens with zero attached hydrogens (tertiary/aromatic N) is 1. The molecule has 0 unspecified atom stereocenters. The Morgan fingerprint density at radius 3 is 2.28 bits per heavy atom. The van der Waals surface area contributed by atoms with Crippen LogP contribution in [0.2, 0.25) is 0 Å². The minimum absolute atomic E-state index is 0.118. The standard InChI is InChI=1S/C29H38N6O8/c1-15-26(39)34-21(29(42)43)12-16-6-8-22(36)18(11-16)19-13-17(7-9-23(19)37)25(27(40)32-15)35(2)28(41)20(5-3-4-10-30)33-24(38)14-31/h6-9,11,13,15,20-21,25,36-37H,3-5,10,12,14,30-31H2,1-2H3,(H,32,40)(H,33,38)(H,34,39)(H,42,43)/t15-,20-,21-,25-/m0/s1. The van der Waals surface area contributed by atoms with Gasteiger partial charge >= 0.3 is 5.97 Å². The summed E-state index contributed by atoms with van der Waals surface area (Å²) in [6.45, 7) is 1.39. The number of hydrogen-bond acceptors (Lipinski definition) is 9. The summed E-state index contributed by atoms with van der Waals surface area (Å²) in [5.74, 6) is -4.56. The third-order valence-electron chi connectivity index (χ3n) is 7.24. The SMILES string of the molecule is C[C@@H]1NC(=O)[C@@H](N(C)C(=O)[C@H](CCCCN)NC(=O)CN)c2ccc(O)c(c2)-c2cc(ccc2O)C[C@@H](C(=O)O)NC1=O. The van der Waals surface area contributed by atoms with Crippen molar-refractivity contribution in [1.29, 1.82) is 0 Å². The Morgan fingerprint density at radius 1 is 1.00 bits per heavy atom. The van der Waals surface area contributed by atoms with Crippen molar-refractivity contribution in [1.82, 2.24) is 20.9 Å². The fourth-order valence-corrected chi connectivity index (χ4v) is 4.88. The summed E-state index contributed by atoms with van der Waals surface area (Å²) in [6.07, 6.45) is 1.17. The highest BCUT2D eigenvalue weighted by molar-refractivity contribution is 5.96. The number of aromatic hydroxyl groups is 2. The molecule has 3 rings (SSSR count). The molecule has 1 heterocycles. The summed E-state index contributed by atoms with van der Waals surface area (Å²) in [4.78, 5) is 65.7. The first-order chi connectivity index (χ1) is 20.4. The third-order valence-corrected chi connectivity index (χ3v) is 7.24. The van der Waals surface area contributed by atoms with E-state index in [0.717, 1.165) is 4.90 Å². The molecule has 1 aliphatic rings. The number of aliphatic carboxylic acids is 1. The molecule has 4 bridgehead atoms. The van der Waals surface area contributed by atoms with Crippen LogP contribution >= 0.6 is 0 Å². The number of rotatable bonds is 9. The molecule has 4 amide bonds. The summed E-state index contributed by atoms with van der Waals surface area (Å²) >= 11 is 0. The number of amides is 4. The number of fused-ring (bicyclic) bond motifs is 5. The number of carboxylic acids is 1. The Balaban J connectivity index is 2.16. The van der Waals surface area contributed by atoms with Crippen molar-refractivity contribution in [3.63, 3.8) is 0 Å². The maximum absolute atomic E-state index is 13.8. The Bertz CT molecular complexity index is 1380. The third kappa shape index (κ3) is 7.99. The molecule has 1 aliphatic heterocycles. The number of phenolic OH excluding ortho intramolecular Hbond substituents is 2. The van der Waals surface area contributed by atoms with Crippen molar-refractivity contribution >= 4 is 29.6 Å². The molecule has 232 valence electrons. The predicted molar refractivity (Wildman–Crippen MR) is 155 cm³/mol. The Hall–Kier alpha value is -4.69. The second kappa shape index (κ2) is 14.5. The van der Waals surface area contributed by atoms with E-state index >= 15 is 0 Å². The van der Waals surface area contributed by atoms with Gasteiger partial charge in [-0.05, 0) is 68.1 Å². The van der Waals surface area contributed by atoms with Crippen molar-refractivity contribution < 1.29 is 39.3 Å². The molecule has 0 radical (unpaired) electrons. The second-order valence-corrected chi connectivity index (χ2v) is 10.4. The first-order valence-corrected chi connectivity index (χ1v) is 13.8. The zero-order valence-corrected chi connectivity index (χ0v) is 24.0. The number of likely N-dealkylation sites (N-methyl/N-ethyl adjacent to an activating group) is 1. The van der Waals surface area contributed by atoms with Crippen LogP contribution in [0.3, 0.4) is 0 Å². The van der Waals surface area contributed by atoms with E-state index in [2.05, 4.69) is 16.0 Å². The van der Waals surface area contributed by atoms with E-state index in [-0.39, 0.29) is 47.6 Å². The van der Waals surface area contributed by atoms with Gasteiger partial charge in [-0.2, -0.15) is 0 Å². The van der Waals surface area contributed by atoms with E-state index in [9.17, 15) is 39.3 Å². The van der Waals surface area contributed by atoms with Crippen LogP contribution in [0.1, 0.15) is 43.4 Å².